The van der Waals surface area contributed by atoms with Crippen molar-refractivity contribution < 1.29 is 18.0 Å². The van der Waals surface area contributed by atoms with E-state index in [4.69, 9.17) is 0 Å². The lowest BCUT2D eigenvalue weighted by molar-refractivity contribution is -0.125. The van der Waals surface area contributed by atoms with Gasteiger partial charge >= 0.3 is 0 Å². The summed E-state index contributed by atoms with van der Waals surface area (Å²) in [6, 6.07) is 12.0. The van der Waals surface area contributed by atoms with Gasteiger partial charge in [0, 0.05) is 58.4 Å². The molecule has 1 fully saturated rings. The van der Waals surface area contributed by atoms with Crippen LogP contribution in [0.4, 0.5) is 11.4 Å². The molecule has 2 aliphatic rings. The van der Waals surface area contributed by atoms with E-state index >= 15 is 0 Å². The Morgan fingerprint density at radius 2 is 1.71 bits per heavy atom. The number of hydrogen-bond acceptors (Lipinski definition) is 5. The van der Waals surface area contributed by atoms with Crippen LogP contribution in [0.25, 0.3) is 0 Å². The van der Waals surface area contributed by atoms with Gasteiger partial charge in [-0.25, -0.2) is 8.42 Å². The molecule has 0 saturated carbocycles. The minimum Gasteiger partial charge on any atom is -0.378 e. The van der Waals surface area contributed by atoms with Crippen LogP contribution in [0.5, 0.6) is 0 Å². The second kappa shape index (κ2) is 9.76. The quantitative estimate of drug-likeness (QED) is 0.681. The molecule has 1 N–H and O–H groups in total. The van der Waals surface area contributed by atoms with Gasteiger partial charge in [-0.2, -0.15) is 4.31 Å². The van der Waals surface area contributed by atoms with Gasteiger partial charge in [0.25, 0.3) is 0 Å². The maximum Gasteiger partial charge on any atom is 0.243 e. The lowest BCUT2D eigenvalue weighted by Crippen LogP contribution is -2.47. The van der Waals surface area contributed by atoms with Crippen LogP contribution in [0, 0.1) is 0 Å². The highest BCUT2D eigenvalue weighted by Crippen LogP contribution is 2.35. The van der Waals surface area contributed by atoms with Gasteiger partial charge in [0.15, 0.2) is 0 Å². The summed E-state index contributed by atoms with van der Waals surface area (Å²) in [5.74, 6) is -0.510. The molecule has 2 aromatic carbocycles. The highest BCUT2D eigenvalue weighted by atomic mass is 32.2. The predicted octanol–water partition coefficient (Wildman–Crippen LogP) is 2.52. The van der Waals surface area contributed by atoms with Gasteiger partial charge in [-0.15, -0.1) is 0 Å². The van der Waals surface area contributed by atoms with E-state index in [1.165, 1.54) is 16.1 Å². The van der Waals surface area contributed by atoms with E-state index < -0.39 is 16.1 Å². The molecule has 2 aromatic rings. The Morgan fingerprint density at radius 1 is 1.03 bits per heavy atom. The standard InChI is InChI=1S/C25H32N4O4S/c1-18(30)29-23-12-11-22(34(32,33)28-13-5-4-6-14-28)15-20(23)16-24(29)25(31)26-17-19-7-9-21(10-8-19)27(2)3/h7-12,15,24H,4-6,13-14,16-17H2,1-3H3,(H,26,31)/t24-/m0/s1. The Balaban J connectivity index is 1.50. The number of nitrogens with one attached hydrogen (secondary N) is 1. The van der Waals surface area contributed by atoms with Gasteiger partial charge in [-0.3, -0.25) is 14.5 Å². The lowest BCUT2D eigenvalue weighted by Gasteiger charge is -2.26. The first-order valence-electron chi connectivity index (χ1n) is 11.7. The Hall–Kier alpha value is -2.91. The molecule has 1 atom stereocenters. The zero-order valence-corrected chi connectivity index (χ0v) is 20.8. The van der Waals surface area contributed by atoms with Crippen LogP contribution >= 0.6 is 0 Å². The lowest BCUT2D eigenvalue weighted by atomic mass is 10.1. The third kappa shape index (κ3) is 4.81. The first-order valence-corrected chi connectivity index (χ1v) is 13.1. The molecule has 2 aliphatic heterocycles. The number of amides is 2. The van der Waals surface area contributed by atoms with E-state index in [-0.39, 0.29) is 23.1 Å². The monoisotopic (exact) mass is 484 g/mol. The normalized spacial score (nSPS) is 18.4. The Labute approximate surface area is 201 Å². The first-order chi connectivity index (χ1) is 16.2. The van der Waals surface area contributed by atoms with Gasteiger partial charge in [0.1, 0.15) is 6.04 Å². The molecule has 8 nitrogen and oxygen atoms in total. The van der Waals surface area contributed by atoms with E-state index in [2.05, 4.69) is 5.32 Å². The van der Waals surface area contributed by atoms with Gasteiger partial charge in [-0.1, -0.05) is 18.6 Å². The van der Waals surface area contributed by atoms with Crippen molar-refractivity contribution in [2.45, 2.75) is 50.1 Å². The van der Waals surface area contributed by atoms with Crippen molar-refractivity contribution in [1.82, 2.24) is 9.62 Å². The van der Waals surface area contributed by atoms with E-state index in [0.29, 0.717) is 30.9 Å². The number of benzene rings is 2. The second-order valence-corrected chi connectivity index (χ2v) is 11.1. The molecule has 2 heterocycles. The van der Waals surface area contributed by atoms with Crippen LogP contribution < -0.4 is 15.1 Å². The average Bonchev–Trinajstić information content (AvgIpc) is 3.22. The molecule has 182 valence electrons. The van der Waals surface area contributed by atoms with Gasteiger partial charge < -0.3 is 10.2 Å². The average molecular weight is 485 g/mol. The SMILES string of the molecule is CC(=O)N1c2ccc(S(=O)(=O)N3CCCCC3)cc2C[C@H]1C(=O)NCc1ccc(N(C)C)cc1. The number of nitrogens with zero attached hydrogens (tertiary/aromatic N) is 3. The zero-order chi connectivity index (χ0) is 24.5. The summed E-state index contributed by atoms with van der Waals surface area (Å²) in [5.41, 5.74) is 3.32. The molecule has 0 aromatic heterocycles. The number of sulfonamides is 1. The molecule has 0 unspecified atom stereocenters. The number of carbonyl (C=O) groups excluding carboxylic acids is 2. The molecule has 34 heavy (non-hydrogen) atoms. The fourth-order valence-corrected chi connectivity index (χ4v) is 6.23. The molecule has 9 heteroatoms. The smallest absolute Gasteiger partial charge is 0.243 e. The molecule has 1 saturated heterocycles. The maximum absolute atomic E-state index is 13.1. The van der Waals surface area contributed by atoms with Crippen LogP contribution in [0.3, 0.4) is 0 Å². The third-order valence-electron chi connectivity index (χ3n) is 6.55. The highest BCUT2D eigenvalue weighted by molar-refractivity contribution is 7.89. The molecule has 0 radical (unpaired) electrons. The molecule has 0 spiro atoms. The van der Waals surface area contributed by atoms with Gasteiger partial charge in [0.05, 0.1) is 4.90 Å². The van der Waals surface area contributed by atoms with E-state index in [0.717, 1.165) is 30.5 Å². The van der Waals surface area contributed by atoms with E-state index in [1.807, 2.05) is 43.3 Å². The number of hydrogen-bond donors (Lipinski definition) is 1. The van der Waals surface area contributed by atoms with Crippen molar-refractivity contribution in [3.8, 4) is 0 Å². The summed E-state index contributed by atoms with van der Waals surface area (Å²) < 4.78 is 27.7. The first kappa shape index (κ1) is 24.2. The Kier molecular flexibility index (Phi) is 6.95. The molecule has 2 amide bonds. The van der Waals surface area contributed by atoms with E-state index in [1.54, 1.807) is 18.2 Å². The fourth-order valence-electron chi connectivity index (χ4n) is 4.66. The summed E-state index contributed by atoms with van der Waals surface area (Å²) >= 11 is 0. The number of anilines is 2. The van der Waals surface area contributed by atoms with Crippen LogP contribution in [0.1, 0.15) is 37.3 Å². The van der Waals surface area contributed by atoms with Crippen molar-refractivity contribution >= 4 is 33.2 Å². The second-order valence-electron chi connectivity index (χ2n) is 9.14. The van der Waals surface area contributed by atoms with Crippen LogP contribution in [-0.2, 0) is 32.6 Å². The molecular formula is C25H32N4O4S. The summed E-state index contributed by atoms with van der Waals surface area (Å²) in [4.78, 5) is 29.2. The third-order valence-corrected chi connectivity index (χ3v) is 8.44. The summed E-state index contributed by atoms with van der Waals surface area (Å²) in [6.45, 7) is 2.83. The van der Waals surface area contributed by atoms with Gasteiger partial charge in [-0.05, 0) is 54.3 Å². The van der Waals surface area contributed by atoms with E-state index in [9.17, 15) is 18.0 Å². The molecular weight excluding hydrogens is 452 g/mol. The van der Waals surface area contributed by atoms with Crippen LogP contribution in [0.15, 0.2) is 47.4 Å². The van der Waals surface area contributed by atoms with Crippen molar-refractivity contribution in [3.05, 3.63) is 53.6 Å². The van der Waals surface area contributed by atoms with Crippen LogP contribution in [-0.4, -0.2) is 57.8 Å². The van der Waals surface area contributed by atoms with Crippen molar-refractivity contribution in [2.75, 3.05) is 37.0 Å². The van der Waals surface area contributed by atoms with Crippen molar-refractivity contribution in [1.29, 1.82) is 0 Å². The number of piperidine rings is 1. The Morgan fingerprint density at radius 3 is 2.32 bits per heavy atom. The highest BCUT2D eigenvalue weighted by Gasteiger charge is 2.38. The van der Waals surface area contributed by atoms with Crippen molar-refractivity contribution in [3.63, 3.8) is 0 Å². The summed E-state index contributed by atoms with van der Waals surface area (Å²) in [5, 5.41) is 2.93. The summed E-state index contributed by atoms with van der Waals surface area (Å²) in [7, 11) is 0.344. The van der Waals surface area contributed by atoms with Gasteiger partial charge in [0.2, 0.25) is 21.8 Å². The predicted molar refractivity (Wildman–Crippen MR) is 132 cm³/mol. The molecule has 0 bridgehead atoms. The van der Waals surface area contributed by atoms with Crippen LogP contribution in [0.2, 0.25) is 0 Å². The minimum absolute atomic E-state index is 0.221. The fraction of sp³-hybridized carbons (Fsp3) is 0.440. The van der Waals surface area contributed by atoms with Crippen molar-refractivity contribution in [2.24, 2.45) is 0 Å². The summed E-state index contributed by atoms with van der Waals surface area (Å²) in [6.07, 6.45) is 3.05. The molecule has 0 aliphatic carbocycles. The topological polar surface area (TPSA) is 90.0 Å². The number of rotatable bonds is 6. The largest absolute Gasteiger partial charge is 0.378 e. The molecule has 4 rings (SSSR count). The zero-order valence-electron chi connectivity index (χ0n) is 20.0. The number of fused-ring (bicyclic) bond motifs is 1. The minimum atomic E-state index is -3.59. The Bertz CT molecular complexity index is 1170. The maximum atomic E-state index is 13.1. The number of carbonyl (C=O) groups is 2.